The number of benzene rings is 2. The summed E-state index contributed by atoms with van der Waals surface area (Å²) in [5.41, 5.74) is 4.32. The smallest absolute Gasteiger partial charge is 0.189 e. The van der Waals surface area contributed by atoms with Crippen molar-refractivity contribution in [3.8, 4) is 11.5 Å². The molecule has 0 bridgehead atoms. The van der Waals surface area contributed by atoms with Crippen LogP contribution in [0.25, 0.3) is 0 Å². The van der Waals surface area contributed by atoms with Crippen LogP contribution in [0.5, 0.6) is 11.5 Å². The minimum Gasteiger partial charge on any atom is -0.497 e. The van der Waals surface area contributed by atoms with Gasteiger partial charge in [0.15, 0.2) is 5.11 Å². The summed E-state index contributed by atoms with van der Waals surface area (Å²) in [6.07, 6.45) is 0.731. The van der Waals surface area contributed by atoms with Crippen molar-refractivity contribution < 1.29 is 9.47 Å². The second-order valence-corrected chi connectivity index (χ2v) is 6.53. The van der Waals surface area contributed by atoms with E-state index in [-0.39, 0.29) is 6.04 Å². The molecule has 2 aromatic rings. The van der Waals surface area contributed by atoms with Gasteiger partial charge < -0.3 is 14.8 Å². The monoisotopic (exact) mass is 369 g/mol. The minimum atomic E-state index is -0.0590. The van der Waals surface area contributed by atoms with Crippen LogP contribution >= 0.6 is 12.2 Å². The van der Waals surface area contributed by atoms with Crippen LogP contribution in [-0.2, 0) is 0 Å². The molecule has 1 heterocycles. The van der Waals surface area contributed by atoms with Gasteiger partial charge in [-0.1, -0.05) is 29.8 Å². The molecule has 0 radical (unpaired) electrons. The summed E-state index contributed by atoms with van der Waals surface area (Å²) in [4.78, 5) is 0. The van der Waals surface area contributed by atoms with E-state index in [1.165, 1.54) is 5.56 Å². The second kappa shape index (κ2) is 7.74. The maximum Gasteiger partial charge on any atom is 0.189 e. The lowest BCUT2D eigenvalue weighted by Crippen LogP contribution is -2.34. The van der Waals surface area contributed by atoms with Gasteiger partial charge >= 0.3 is 0 Å². The third-order valence-corrected chi connectivity index (χ3v) is 4.90. The number of ether oxygens (including phenoxy) is 2. The van der Waals surface area contributed by atoms with E-state index in [1.54, 1.807) is 14.2 Å². The van der Waals surface area contributed by atoms with Gasteiger partial charge in [0, 0.05) is 19.0 Å². The molecule has 0 saturated carbocycles. The van der Waals surface area contributed by atoms with Crippen molar-refractivity contribution in [1.82, 2.24) is 10.3 Å². The topological polar surface area (TPSA) is 46.1 Å². The predicted octanol–water partition coefficient (Wildman–Crippen LogP) is 3.67. The van der Waals surface area contributed by atoms with Crippen molar-refractivity contribution in [3.63, 3.8) is 0 Å². The summed E-state index contributed by atoms with van der Waals surface area (Å²) in [7, 11) is 5.13. The van der Waals surface area contributed by atoms with E-state index in [0.29, 0.717) is 5.11 Å². The van der Waals surface area contributed by atoms with Crippen LogP contribution in [0.3, 0.4) is 0 Å². The fourth-order valence-corrected chi connectivity index (χ4v) is 3.24. The van der Waals surface area contributed by atoms with Gasteiger partial charge in [-0.05, 0) is 42.9 Å². The van der Waals surface area contributed by atoms with Crippen LogP contribution in [0.15, 0.2) is 47.6 Å². The van der Waals surface area contributed by atoms with E-state index < -0.39 is 0 Å². The summed E-state index contributed by atoms with van der Waals surface area (Å²) in [6.45, 7) is 2.08. The Hall–Kier alpha value is -2.60. The first-order chi connectivity index (χ1) is 12.6. The van der Waals surface area contributed by atoms with Gasteiger partial charge in [0.2, 0.25) is 0 Å². The molecule has 6 heteroatoms. The number of hydrogen-bond donors (Lipinski definition) is 1. The lowest BCUT2D eigenvalue weighted by Gasteiger charge is -2.25. The average Bonchev–Trinajstić information content (AvgIpc) is 3.12. The number of aryl methyl sites for hydroxylation is 1. The Morgan fingerprint density at radius 1 is 1.15 bits per heavy atom. The molecule has 0 saturated heterocycles. The standard InChI is InChI=1S/C20H23N3O2S/c1-13-5-7-14(8-6-13)17-12-18(23(22-17)20(26)21-2)16-11-15(24-3)9-10-19(16)25-4/h5-11,18H,12H2,1-4H3,(H,21,26)/t18-/m1/s1. The van der Waals surface area contributed by atoms with Gasteiger partial charge in [-0.15, -0.1) is 0 Å². The molecule has 3 rings (SSSR count). The number of thiocarbonyl (C=S) groups is 1. The summed E-state index contributed by atoms with van der Waals surface area (Å²) in [5, 5.41) is 10.2. The van der Waals surface area contributed by atoms with E-state index >= 15 is 0 Å². The highest BCUT2D eigenvalue weighted by Gasteiger charge is 2.33. The predicted molar refractivity (Wildman–Crippen MR) is 108 cm³/mol. The van der Waals surface area contributed by atoms with Crippen molar-refractivity contribution >= 4 is 23.0 Å². The molecule has 26 heavy (non-hydrogen) atoms. The Kier molecular flexibility index (Phi) is 5.42. The van der Waals surface area contributed by atoms with Gasteiger partial charge in [-0.2, -0.15) is 5.10 Å². The maximum atomic E-state index is 5.58. The van der Waals surface area contributed by atoms with Gasteiger partial charge in [-0.3, -0.25) is 0 Å². The molecule has 0 aromatic heterocycles. The molecule has 1 atom stereocenters. The van der Waals surface area contributed by atoms with E-state index in [9.17, 15) is 0 Å². The van der Waals surface area contributed by atoms with Crippen molar-refractivity contribution in [1.29, 1.82) is 0 Å². The Labute approximate surface area is 159 Å². The van der Waals surface area contributed by atoms with Crippen LogP contribution in [0, 0.1) is 6.92 Å². The van der Waals surface area contributed by atoms with E-state index in [0.717, 1.165) is 34.8 Å². The van der Waals surface area contributed by atoms with E-state index in [4.69, 9.17) is 26.8 Å². The number of methoxy groups -OCH3 is 2. The molecule has 1 N–H and O–H groups in total. The SMILES string of the molecule is CNC(=S)N1N=C(c2ccc(C)cc2)C[C@@H]1c1cc(OC)ccc1OC. The van der Waals surface area contributed by atoms with Gasteiger partial charge in [0.1, 0.15) is 11.5 Å². The Morgan fingerprint density at radius 3 is 2.50 bits per heavy atom. The zero-order valence-electron chi connectivity index (χ0n) is 15.4. The fraction of sp³-hybridized carbons (Fsp3) is 0.300. The molecule has 136 valence electrons. The zero-order chi connectivity index (χ0) is 18.7. The fourth-order valence-electron chi connectivity index (χ4n) is 3.07. The van der Waals surface area contributed by atoms with Gasteiger partial charge in [0.05, 0.1) is 26.0 Å². The van der Waals surface area contributed by atoms with Crippen molar-refractivity contribution in [2.24, 2.45) is 5.10 Å². The van der Waals surface area contributed by atoms with Crippen molar-refractivity contribution in [2.45, 2.75) is 19.4 Å². The van der Waals surface area contributed by atoms with Crippen LogP contribution in [0.2, 0.25) is 0 Å². The molecule has 0 fully saturated rings. The first-order valence-corrected chi connectivity index (χ1v) is 8.85. The highest BCUT2D eigenvalue weighted by molar-refractivity contribution is 7.80. The Bertz CT molecular complexity index is 833. The zero-order valence-corrected chi connectivity index (χ0v) is 16.3. The third-order valence-electron chi connectivity index (χ3n) is 4.51. The van der Waals surface area contributed by atoms with Crippen LogP contribution < -0.4 is 14.8 Å². The largest absolute Gasteiger partial charge is 0.497 e. The molecule has 0 unspecified atom stereocenters. The summed E-state index contributed by atoms with van der Waals surface area (Å²) in [6, 6.07) is 14.1. The molecule has 0 spiro atoms. The van der Waals surface area contributed by atoms with Crippen molar-refractivity contribution in [2.75, 3.05) is 21.3 Å². The number of nitrogens with zero attached hydrogens (tertiary/aromatic N) is 2. The molecule has 5 nitrogen and oxygen atoms in total. The molecular formula is C20H23N3O2S. The first kappa shape index (κ1) is 18.2. The average molecular weight is 369 g/mol. The summed E-state index contributed by atoms with van der Waals surface area (Å²) >= 11 is 5.49. The molecule has 1 aliphatic heterocycles. The Morgan fingerprint density at radius 2 is 1.88 bits per heavy atom. The maximum absolute atomic E-state index is 5.58. The number of hydrazone groups is 1. The van der Waals surface area contributed by atoms with Gasteiger partial charge in [-0.25, -0.2) is 5.01 Å². The van der Waals surface area contributed by atoms with E-state index in [1.807, 2.05) is 30.3 Å². The minimum absolute atomic E-state index is 0.0590. The normalized spacial score (nSPS) is 16.2. The van der Waals surface area contributed by atoms with Crippen molar-refractivity contribution in [3.05, 3.63) is 59.2 Å². The molecular weight excluding hydrogens is 346 g/mol. The number of nitrogens with one attached hydrogen (secondary N) is 1. The highest BCUT2D eigenvalue weighted by Crippen LogP contribution is 2.39. The molecule has 0 aliphatic carbocycles. The summed E-state index contributed by atoms with van der Waals surface area (Å²) < 4.78 is 11.0. The van der Waals surface area contributed by atoms with Crippen LogP contribution in [0.4, 0.5) is 0 Å². The summed E-state index contributed by atoms with van der Waals surface area (Å²) in [5.74, 6) is 1.57. The Balaban J connectivity index is 2.02. The molecule has 0 amide bonds. The quantitative estimate of drug-likeness (QED) is 0.833. The van der Waals surface area contributed by atoms with Crippen LogP contribution in [-0.4, -0.2) is 37.1 Å². The van der Waals surface area contributed by atoms with E-state index in [2.05, 4.69) is 36.5 Å². The molecule has 1 aliphatic rings. The highest BCUT2D eigenvalue weighted by atomic mass is 32.1. The lowest BCUT2D eigenvalue weighted by atomic mass is 9.97. The lowest BCUT2D eigenvalue weighted by molar-refractivity contribution is 0.341. The second-order valence-electron chi connectivity index (χ2n) is 6.14. The molecule has 2 aromatic carbocycles. The number of rotatable bonds is 4. The van der Waals surface area contributed by atoms with Gasteiger partial charge in [0.25, 0.3) is 0 Å². The van der Waals surface area contributed by atoms with Crippen LogP contribution in [0.1, 0.15) is 29.2 Å². The number of hydrogen-bond acceptors (Lipinski definition) is 4. The first-order valence-electron chi connectivity index (χ1n) is 8.44. The third kappa shape index (κ3) is 3.51.